The molecule has 1 fully saturated rings. The molecule has 5 nitrogen and oxygen atoms in total. The number of hydrogen-bond acceptors (Lipinski definition) is 5. The van der Waals surface area contributed by atoms with E-state index in [1.807, 2.05) is 0 Å². The number of ether oxygens (including phenoxy) is 1. The number of rotatable bonds is 7. The van der Waals surface area contributed by atoms with E-state index in [1.54, 1.807) is 0 Å². The summed E-state index contributed by atoms with van der Waals surface area (Å²) < 4.78 is 33.2. The molecule has 0 atom stereocenters. The summed E-state index contributed by atoms with van der Waals surface area (Å²) >= 11 is 10.2. The van der Waals surface area contributed by atoms with Crippen molar-refractivity contribution >= 4 is 48.9 Å². The van der Waals surface area contributed by atoms with Gasteiger partial charge in [0.15, 0.2) is 0 Å². The lowest BCUT2D eigenvalue weighted by atomic mass is 10.1. The molecule has 120 valence electrons. The first-order chi connectivity index (χ1) is 9.99. The zero-order valence-corrected chi connectivity index (χ0v) is 15.4. The van der Waals surface area contributed by atoms with Gasteiger partial charge >= 0.3 is 0 Å². The maximum absolute atomic E-state index is 12.0. The lowest BCUT2D eigenvalue weighted by Gasteiger charge is -2.22. The highest BCUT2D eigenvalue weighted by atomic mass is 79.9. The van der Waals surface area contributed by atoms with Crippen LogP contribution >= 0.6 is 38.9 Å². The van der Waals surface area contributed by atoms with Gasteiger partial charge in [0.2, 0.25) is 10.0 Å². The van der Waals surface area contributed by atoms with Crippen LogP contribution in [-0.4, -0.2) is 40.8 Å². The first-order valence-electron chi connectivity index (χ1n) is 6.76. The summed E-state index contributed by atoms with van der Waals surface area (Å²) in [4.78, 5) is 0. The van der Waals surface area contributed by atoms with Gasteiger partial charge in [0.1, 0.15) is 4.21 Å². The molecule has 0 aliphatic carbocycles. The summed E-state index contributed by atoms with van der Waals surface area (Å²) in [6.07, 6.45) is 3.00. The van der Waals surface area contributed by atoms with E-state index in [2.05, 4.69) is 26.0 Å². The highest BCUT2D eigenvalue weighted by molar-refractivity contribution is 9.11. The Labute approximate surface area is 142 Å². The van der Waals surface area contributed by atoms with Crippen molar-refractivity contribution in [2.45, 2.75) is 29.6 Å². The van der Waals surface area contributed by atoms with E-state index in [-0.39, 0.29) is 4.21 Å². The van der Waals surface area contributed by atoms with Gasteiger partial charge < -0.3 is 10.1 Å². The van der Waals surface area contributed by atoms with Crippen molar-refractivity contribution in [2.24, 2.45) is 0 Å². The second kappa shape index (κ2) is 8.24. The molecule has 0 unspecified atom stereocenters. The number of hydrogen-bond donors (Lipinski definition) is 2. The van der Waals surface area contributed by atoms with Crippen molar-refractivity contribution in [1.29, 1.82) is 0 Å². The van der Waals surface area contributed by atoms with Crippen molar-refractivity contribution in [1.82, 2.24) is 10.0 Å². The predicted molar refractivity (Wildman–Crippen MR) is 88.7 cm³/mol. The average molecular weight is 418 g/mol. The Hall–Kier alpha value is 0.300. The van der Waals surface area contributed by atoms with Crippen molar-refractivity contribution < 1.29 is 13.2 Å². The smallest absolute Gasteiger partial charge is 0.250 e. The Morgan fingerprint density at radius 1 is 1.48 bits per heavy atom. The van der Waals surface area contributed by atoms with Gasteiger partial charge in [-0.3, -0.25) is 0 Å². The van der Waals surface area contributed by atoms with Crippen LogP contribution < -0.4 is 10.0 Å². The highest BCUT2D eigenvalue weighted by Gasteiger charge is 2.18. The van der Waals surface area contributed by atoms with Crippen molar-refractivity contribution in [3.05, 3.63) is 14.9 Å². The zero-order valence-electron chi connectivity index (χ0n) is 11.4. The molecule has 0 radical (unpaired) electrons. The van der Waals surface area contributed by atoms with Gasteiger partial charge in [0, 0.05) is 13.2 Å². The molecule has 0 aromatic carbocycles. The fourth-order valence-electron chi connectivity index (χ4n) is 2.02. The van der Waals surface area contributed by atoms with Crippen LogP contribution in [0.2, 0.25) is 5.02 Å². The first kappa shape index (κ1) is 17.7. The molecular formula is C12H18BrClN2O3S2. The summed E-state index contributed by atoms with van der Waals surface area (Å²) in [5, 5.41) is 3.69. The van der Waals surface area contributed by atoms with E-state index >= 15 is 0 Å². The molecule has 2 heterocycles. The minimum atomic E-state index is -3.48. The van der Waals surface area contributed by atoms with E-state index in [4.69, 9.17) is 16.3 Å². The van der Waals surface area contributed by atoms with Crippen molar-refractivity contribution in [3.8, 4) is 0 Å². The number of halogens is 2. The van der Waals surface area contributed by atoms with Crippen molar-refractivity contribution in [2.75, 3.05) is 26.2 Å². The Morgan fingerprint density at radius 3 is 2.81 bits per heavy atom. The molecule has 2 N–H and O–H groups in total. The molecule has 0 saturated carbocycles. The Bertz CT molecular complexity index is 539. The van der Waals surface area contributed by atoms with Gasteiger partial charge in [-0.15, -0.1) is 11.3 Å². The van der Waals surface area contributed by atoms with Crippen molar-refractivity contribution in [3.63, 3.8) is 0 Å². The molecule has 0 bridgehead atoms. The van der Waals surface area contributed by atoms with Gasteiger partial charge in [0.25, 0.3) is 0 Å². The fraction of sp³-hybridized carbons (Fsp3) is 0.667. The van der Waals surface area contributed by atoms with Crippen LogP contribution in [0.4, 0.5) is 0 Å². The molecule has 1 saturated heterocycles. The van der Waals surface area contributed by atoms with E-state index in [0.717, 1.165) is 37.3 Å². The standard InChI is InChI=1S/C12H18BrClN2O3S2/c13-12-10(14)8-11(20-12)21(17,18)16-4-1-7-19-9-2-5-15-6-3-9/h8-9,15-16H,1-7H2. The van der Waals surface area contributed by atoms with E-state index in [9.17, 15) is 8.42 Å². The summed E-state index contributed by atoms with van der Waals surface area (Å²) in [5.41, 5.74) is 0. The predicted octanol–water partition coefficient (Wildman–Crippen LogP) is 2.60. The number of sulfonamides is 1. The van der Waals surface area contributed by atoms with E-state index in [0.29, 0.717) is 34.5 Å². The van der Waals surface area contributed by atoms with Crippen LogP contribution in [0.5, 0.6) is 0 Å². The largest absolute Gasteiger partial charge is 0.378 e. The van der Waals surface area contributed by atoms with Crippen LogP contribution in [-0.2, 0) is 14.8 Å². The van der Waals surface area contributed by atoms with E-state index in [1.165, 1.54) is 6.07 Å². The number of nitrogens with one attached hydrogen (secondary N) is 2. The number of piperidine rings is 1. The van der Waals surface area contributed by atoms with Gasteiger partial charge in [0.05, 0.1) is 14.9 Å². The summed E-state index contributed by atoms with van der Waals surface area (Å²) in [6, 6.07) is 1.45. The number of thiophene rings is 1. The van der Waals surface area contributed by atoms with Crippen LogP contribution in [0.1, 0.15) is 19.3 Å². The molecule has 1 aliphatic heterocycles. The van der Waals surface area contributed by atoms with Gasteiger partial charge in [-0.2, -0.15) is 0 Å². The third-order valence-corrected chi connectivity index (χ3v) is 7.55. The third kappa shape index (κ3) is 5.46. The molecule has 9 heteroatoms. The molecule has 21 heavy (non-hydrogen) atoms. The second-order valence-corrected chi connectivity index (χ2v) is 9.53. The monoisotopic (exact) mass is 416 g/mol. The lowest BCUT2D eigenvalue weighted by molar-refractivity contribution is 0.0322. The van der Waals surface area contributed by atoms with Crippen LogP contribution in [0.3, 0.4) is 0 Å². The minimum absolute atomic E-state index is 0.221. The summed E-state index contributed by atoms with van der Waals surface area (Å²) in [5.74, 6) is 0. The molecule has 0 amide bonds. The topological polar surface area (TPSA) is 67.4 Å². The molecule has 0 spiro atoms. The van der Waals surface area contributed by atoms with Crippen LogP contribution in [0.25, 0.3) is 0 Å². The van der Waals surface area contributed by atoms with Gasteiger partial charge in [-0.25, -0.2) is 13.1 Å². The van der Waals surface area contributed by atoms with Crippen LogP contribution in [0, 0.1) is 0 Å². The first-order valence-corrected chi connectivity index (χ1v) is 10.2. The van der Waals surface area contributed by atoms with Gasteiger partial charge in [-0.05, 0) is 54.3 Å². The highest BCUT2D eigenvalue weighted by Crippen LogP contribution is 2.34. The summed E-state index contributed by atoms with van der Waals surface area (Å²) in [7, 11) is -3.48. The third-order valence-electron chi connectivity index (χ3n) is 3.14. The molecule has 1 aliphatic rings. The Morgan fingerprint density at radius 2 is 2.19 bits per heavy atom. The molecule has 1 aromatic rings. The Balaban J connectivity index is 1.70. The average Bonchev–Trinajstić information content (AvgIpc) is 2.80. The lowest BCUT2D eigenvalue weighted by Crippen LogP contribution is -2.33. The maximum atomic E-state index is 12.0. The fourth-order valence-corrected chi connectivity index (χ4v) is 5.54. The normalized spacial score (nSPS) is 17.2. The maximum Gasteiger partial charge on any atom is 0.250 e. The quantitative estimate of drug-likeness (QED) is 0.669. The van der Waals surface area contributed by atoms with E-state index < -0.39 is 10.0 Å². The minimum Gasteiger partial charge on any atom is -0.378 e. The Kier molecular flexibility index (Phi) is 6.92. The molecular weight excluding hydrogens is 400 g/mol. The molecule has 2 rings (SSSR count). The summed E-state index contributed by atoms with van der Waals surface area (Å²) in [6.45, 7) is 2.92. The van der Waals surface area contributed by atoms with Crippen LogP contribution in [0.15, 0.2) is 14.1 Å². The molecule has 1 aromatic heterocycles. The van der Waals surface area contributed by atoms with Gasteiger partial charge in [-0.1, -0.05) is 11.6 Å². The zero-order chi connectivity index (χ0) is 15.3. The SMILES string of the molecule is O=S(=O)(NCCCOC1CCNCC1)c1cc(Cl)c(Br)s1. The second-order valence-electron chi connectivity index (χ2n) is 4.76.